The van der Waals surface area contributed by atoms with Gasteiger partial charge in [0.1, 0.15) is 0 Å². The Hall–Kier alpha value is -1.42. The number of rotatable bonds is 8. The van der Waals surface area contributed by atoms with Crippen LogP contribution in [0.4, 0.5) is 0 Å². The molecule has 4 nitrogen and oxygen atoms in total. The van der Waals surface area contributed by atoms with Gasteiger partial charge >= 0.3 is 0 Å². The molecule has 1 aromatic heterocycles. The lowest BCUT2D eigenvalue weighted by Gasteiger charge is -2.14. The summed E-state index contributed by atoms with van der Waals surface area (Å²) in [5, 5.41) is 6.19. The van der Waals surface area contributed by atoms with Gasteiger partial charge in [-0.1, -0.05) is 13.8 Å². The van der Waals surface area contributed by atoms with E-state index in [1.165, 1.54) is 5.56 Å². The van der Waals surface area contributed by atoms with Gasteiger partial charge in [-0.2, -0.15) is 0 Å². The van der Waals surface area contributed by atoms with Crippen molar-refractivity contribution in [2.45, 2.75) is 39.7 Å². The first-order valence-electron chi connectivity index (χ1n) is 6.99. The summed E-state index contributed by atoms with van der Waals surface area (Å²) in [6.45, 7) is 7.76. The van der Waals surface area contributed by atoms with Crippen molar-refractivity contribution in [3.63, 3.8) is 0 Å². The lowest BCUT2D eigenvalue weighted by atomic mass is 10.1. The van der Waals surface area contributed by atoms with Gasteiger partial charge in [-0.05, 0) is 49.9 Å². The standard InChI is InChI=1S/C15H25N3O/c1-12(2)4-10-18-15(19)13(3)17-11-7-14-5-8-16-9-6-14/h5-6,8-9,12-13,17H,4,7,10-11H2,1-3H3,(H,18,19). The maximum Gasteiger partial charge on any atom is 0.236 e. The molecule has 2 N–H and O–H groups in total. The molecule has 0 fully saturated rings. The van der Waals surface area contributed by atoms with Crippen molar-refractivity contribution in [3.8, 4) is 0 Å². The van der Waals surface area contributed by atoms with Gasteiger partial charge in [0.15, 0.2) is 0 Å². The van der Waals surface area contributed by atoms with E-state index in [4.69, 9.17) is 0 Å². The third-order valence-electron chi connectivity index (χ3n) is 3.03. The zero-order valence-electron chi connectivity index (χ0n) is 12.1. The minimum atomic E-state index is -0.144. The number of hydrogen-bond donors (Lipinski definition) is 2. The minimum Gasteiger partial charge on any atom is -0.355 e. The lowest BCUT2D eigenvalue weighted by Crippen LogP contribution is -2.43. The monoisotopic (exact) mass is 263 g/mol. The Balaban J connectivity index is 2.16. The molecule has 1 heterocycles. The zero-order valence-corrected chi connectivity index (χ0v) is 12.1. The third-order valence-corrected chi connectivity index (χ3v) is 3.03. The van der Waals surface area contributed by atoms with E-state index in [2.05, 4.69) is 29.5 Å². The fourth-order valence-corrected chi connectivity index (χ4v) is 1.71. The number of carbonyl (C=O) groups excluding carboxylic acids is 1. The molecule has 19 heavy (non-hydrogen) atoms. The summed E-state index contributed by atoms with van der Waals surface area (Å²) in [5.41, 5.74) is 1.23. The maximum atomic E-state index is 11.8. The number of aromatic nitrogens is 1. The van der Waals surface area contributed by atoms with Crippen molar-refractivity contribution < 1.29 is 4.79 Å². The highest BCUT2D eigenvalue weighted by Crippen LogP contribution is 1.98. The van der Waals surface area contributed by atoms with Crippen molar-refractivity contribution in [1.29, 1.82) is 0 Å². The van der Waals surface area contributed by atoms with Crippen LogP contribution in [0.1, 0.15) is 32.8 Å². The highest BCUT2D eigenvalue weighted by molar-refractivity contribution is 5.81. The molecule has 1 unspecified atom stereocenters. The molecule has 1 atom stereocenters. The van der Waals surface area contributed by atoms with Gasteiger partial charge in [-0.3, -0.25) is 9.78 Å². The summed E-state index contributed by atoms with van der Waals surface area (Å²) >= 11 is 0. The first-order chi connectivity index (χ1) is 9.09. The van der Waals surface area contributed by atoms with E-state index in [0.717, 1.165) is 25.9 Å². The topological polar surface area (TPSA) is 54.0 Å². The smallest absolute Gasteiger partial charge is 0.236 e. The molecule has 0 bridgehead atoms. The normalized spacial score (nSPS) is 12.4. The number of pyridine rings is 1. The summed E-state index contributed by atoms with van der Waals surface area (Å²) in [6.07, 6.45) is 5.51. The molecule has 1 rings (SSSR count). The number of nitrogens with zero attached hydrogens (tertiary/aromatic N) is 1. The average Bonchev–Trinajstić information content (AvgIpc) is 2.39. The van der Waals surface area contributed by atoms with Crippen molar-refractivity contribution in [3.05, 3.63) is 30.1 Å². The van der Waals surface area contributed by atoms with Crippen LogP contribution in [-0.2, 0) is 11.2 Å². The van der Waals surface area contributed by atoms with Crippen LogP contribution >= 0.6 is 0 Å². The Kier molecular flexibility index (Phi) is 7.11. The molecule has 4 heteroatoms. The Morgan fingerprint density at radius 1 is 1.21 bits per heavy atom. The Labute approximate surface area is 116 Å². The Morgan fingerprint density at radius 2 is 1.89 bits per heavy atom. The van der Waals surface area contributed by atoms with Crippen LogP contribution in [-0.4, -0.2) is 30.0 Å². The fourth-order valence-electron chi connectivity index (χ4n) is 1.71. The Bertz CT molecular complexity index is 365. The average molecular weight is 263 g/mol. The van der Waals surface area contributed by atoms with E-state index in [1.807, 2.05) is 19.1 Å². The predicted molar refractivity (Wildman–Crippen MR) is 77.9 cm³/mol. The molecule has 0 aromatic carbocycles. The molecular weight excluding hydrogens is 238 g/mol. The molecule has 106 valence electrons. The van der Waals surface area contributed by atoms with Crippen molar-refractivity contribution in [1.82, 2.24) is 15.6 Å². The summed E-state index contributed by atoms with van der Waals surface area (Å²) in [6, 6.07) is 3.85. The van der Waals surface area contributed by atoms with Crippen molar-refractivity contribution >= 4 is 5.91 Å². The van der Waals surface area contributed by atoms with E-state index in [-0.39, 0.29) is 11.9 Å². The van der Waals surface area contributed by atoms with Crippen LogP contribution in [0.2, 0.25) is 0 Å². The van der Waals surface area contributed by atoms with Crippen LogP contribution in [0.25, 0.3) is 0 Å². The van der Waals surface area contributed by atoms with Gasteiger partial charge in [0.05, 0.1) is 6.04 Å². The van der Waals surface area contributed by atoms with Gasteiger partial charge in [0, 0.05) is 18.9 Å². The Morgan fingerprint density at radius 3 is 2.53 bits per heavy atom. The van der Waals surface area contributed by atoms with E-state index in [0.29, 0.717) is 5.92 Å². The molecule has 0 aliphatic heterocycles. The van der Waals surface area contributed by atoms with Crippen LogP contribution < -0.4 is 10.6 Å². The molecule has 0 saturated heterocycles. The SMILES string of the molecule is CC(C)CCNC(=O)C(C)NCCc1ccncc1. The van der Waals surface area contributed by atoms with Gasteiger partial charge in [-0.25, -0.2) is 0 Å². The van der Waals surface area contributed by atoms with E-state index in [9.17, 15) is 4.79 Å². The first-order valence-corrected chi connectivity index (χ1v) is 6.99. The van der Waals surface area contributed by atoms with Crippen LogP contribution in [0.15, 0.2) is 24.5 Å². The highest BCUT2D eigenvalue weighted by Gasteiger charge is 2.10. The molecule has 0 aliphatic carbocycles. The molecule has 0 radical (unpaired) electrons. The van der Waals surface area contributed by atoms with Crippen LogP contribution in [0, 0.1) is 5.92 Å². The summed E-state index contributed by atoms with van der Waals surface area (Å²) < 4.78 is 0. The van der Waals surface area contributed by atoms with E-state index >= 15 is 0 Å². The highest BCUT2D eigenvalue weighted by atomic mass is 16.2. The molecule has 1 aromatic rings. The number of amides is 1. The van der Waals surface area contributed by atoms with Crippen LogP contribution in [0.5, 0.6) is 0 Å². The molecule has 0 saturated carbocycles. The number of hydrogen-bond acceptors (Lipinski definition) is 3. The number of carbonyl (C=O) groups is 1. The first kappa shape index (κ1) is 15.6. The van der Waals surface area contributed by atoms with Gasteiger partial charge < -0.3 is 10.6 Å². The zero-order chi connectivity index (χ0) is 14.1. The second kappa shape index (κ2) is 8.64. The second-order valence-electron chi connectivity index (χ2n) is 5.25. The largest absolute Gasteiger partial charge is 0.355 e. The van der Waals surface area contributed by atoms with Crippen molar-refractivity contribution in [2.24, 2.45) is 5.92 Å². The van der Waals surface area contributed by atoms with Crippen molar-refractivity contribution in [2.75, 3.05) is 13.1 Å². The molecule has 1 amide bonds. The van der Waals surface area contributed by atoms with Crippen LogP contribution in [0.3, 0.4) is 0 Å². The third kappa shape index (κ3) is 6.91. The minimum absolute atomic E-state index is 0.0791. The molecule has 0 aliphatic rings. The number of nitrogens with one attached hydrogen (secondary N) is 2. The summed E-state index contributed by atoms with van der Waals surface area (Å²) in [4.78, 5) is 15.8. The predicted octanol–water partition coefficient (Wildman–Crippen LogP) is 1.76. The van der Waals surface area contributed by atoms with E-state index < -0.39 is 0 Å². The van der Waals surface area contributed by atoms with Gasteiger partial charge in [0.25, 0.3) is 0 Å². The molecule has 0 spiro atoms. The second-order valence-corrected chi connectivity index (χ2v) is 5.25. The summed E-state index contributed by atoms with van der Waals surface area (Å²) in [7, 11) is 0. The van der Waals surface area contributed by atoms with Gasteiger partial charge in [-0.15, -0.1) is 0 Å². The maximum absolute atomic E-state index is 11.8. The lowest BCUT2D eigenvalue weighted by molar-refractivity contribution is -0.122. The quantitative estimate of drug-likeness (QED) is 0.751. The van der Waals surface area contributed by atoms with E-state index in [1.54, 1.807) is 12.4 Å². The fraction of sp³-hybridized carbons (Fsp3) is 0.600. The molecular formula is C15H25N3O. The summed E-state index contributed by atoms with van der Waals surface area (Å²) in [5.74, 6) is 0.700. The van der Waals surface area contributed by atoms with Gasteiger partial charge in [0.2, 0.25) is 5.91 Å².